The van der Waals surface area contributed by atoms with Gasteiger partial charge in [0, 0.05) is 125 Å². The summed E-state index contributed by atoms with van der Waals surface area (Å²) in [6.45, 7) is 18.9. The minimum Gasteiger partial charge on any atom is -0.378 e. The van der Waals surface area contributed by atoms with Crippen molar-refractivity contribution in [2.24, 2.45) is 5.92 Å². The van der Waals surface area contributed by atoms with Gasteiger partial charge in [-0.25, -0.2) is 19.6 Å². The van der Waals surface area contributed by atoms with Crippen LogP contribution in [0, 0.1) is 5.92 Å². The van der Waals surface area contributed by atoms with Gasteiger partial charge >= 0.3 is 12.1 Å². The molecule has 76 heavy (non-hydrogen) atoms. The lowest BCUT2D eigenvalue weighted by atomic mass is 10.1. The van der Waals surface area contributed by atoms with E-state index in [1.54, 1.807) is 0 Å². The Bertz CT molecular complexity index is 2880. The number of rotatable bonds is 13. The van der Waals surface area contributed by atoms with Gasteiger partial charge in [0.05, 0.1) is 37.8 Å². The van der Waals surface area contributed by atoms with E-state index < -0.39 is 12.1 Å². The Balaban J connectivity index is 0.999. The van der Waals surface area contributed by atoms with E-state index in [0.717, 1.165) is 80.7 Å². The van der Waals surface area contributed by atoms with Crippen LogP contribution >= 0.6 is 0 Å². The van der Waals surface area contributed by atoms with Crippen LogP contribution in [0.3, 0.4) is 0 Å². The second-order valence-corrected chi connectivity index (χ2v) is 20.2. The van der Waals surface area contributed by atoms with Crippen LogP contribution in [-0.4, -0.2) is 171 Å². The Hall–Kier alpha value is -7.52. The topological polar surface area (TPSA) is 180 Å². The fourth-order valence-corrected chi connectivity index (χ4v) is 9.64. The predicted molar refractivity (Wildman–Crippen MR) is 300 cm³/mol. The van der Waals surface area contributed by atoms with E-state index in [2.05, 4.69) is 68.0 Å². The number of hydrogen-bond acceptors (Lipinski definition) is 16. The largest absolute Gasteiger partial charge is 0.378 e. The normalized spacial score (nSPS) is 16.7. The van der Waals surface area contributed by atoms with Crippen molar-refractivity contribution in [2.75, 3.05) is 159 Å². The number of nitrogens with one attached hydrogen (secondary N) is 2. The first kappa shape index (κ1) is 51.9. The molecule has 0 radical (unpaired) electrons. The molecule has 0 aliphatic carbocycles. The number of hydrazine groups is 1. The van der Waals surface area contributed by atoms with Crippen molar-refractivity contribution in [3.8, 4) is 22.8 Å². The highest BCUT2D eigenvalue weighted by molar-refractivity contribution is 6.13. The Morgan fingerprint density at radius 2 is 0.868 bits per heavy atom. The monoisotopic (exact) mass is 1030 g/mol. The molecule has 20 nitrogen and oxygen atoms in total. The van der Waals surface area contributed by atoms with E-state index in [9.17, 15) is 0 Å². The molecule has 4 fully saturated rings. The van der Waals surface area contributed by atoms with Crippen molar-refractivity contribution in [2.45, 2.75) is 33.6 Å². The zero-order valence-electron chi connectivity index (χ0n) is 44.4. The Kier molecular flexibility index (Phi) is 16.4. The van der Waals surface area contributed by atoms with Crippen LogP contribution in [0.15, 0.2) is 97.1 Å². The molecular weight excluding hydrogens is 961 g/mol. The number of anilines is 8. The van der Waals surface area contributed by atoms with Gasteiger partial charge in [0.25, 0.3) is 0 Å². The summed E-state index contributed by atoms with van der Waals surface area (Å²) >= 11 is 0. The molecule has 0 spiro atoms. The highest BCUT2D eigenvalue weighted by Crippen LogP contribution is 2.32. The number of piperazine rings is 2. The summed E-state index contributed by atoms with van der Waals surface area (Å²) in [7, 11) is 4.27. The third-order valence-electron chi connectivity index (χ3n) is 14.1. The summed E-state index contributed by atoms with van der Waals surface area (Å²) in [6, 6.07) is 29.4. The van der Waals surface area contributed by atoms with Gasteiger partial charge in [-0.3, -0.25) is 0 Å². The van der Waals surface area contributed by atoms with Gasteiger partial charge in [-0.1, -0.05) is 20.8 Å². The molecule has 0 atom stereocenters. The lowest BCUT2D eigenvalue weighted by Gasteiger charge is -2.36. The van der Waals surface area contributed by atoms with Crippen LogP contribution in [0.4, 0.5) is 55.6 Å². The number of carbonyl (C=O) groups excluding carboxylic acids is 2. The molecule has 4 saturated heterocycles. The smallest absolute Gasteiger partial charge is 0.345 e. The number of benzene rings is 4. The Morgan fingerprint density at radius 3 is 1.30 bits per heavy atom. The molecule has 0 saturated carbocycles. The zero-order chi connectivity index (χ0) is 52.5. The number of amides is 4. The molecule has 4 aromatic carbocycles. The van der Waals surface area contributed by atoms with E-state index in [0.29, 0.717) is 123 Å². The molecule has 0 unspecified atom stereocenters. The third kappa shape index (κ3) is 12.6. The van der Waals surface area contributed by atoms with Crippen molar-refractivity contribution in [3.05, 3.63) is 109 Å². The molecule has 0 bridgehead atoms. The fraction of sp³-hybridized carbons (Fsp3) is 0.429. The van der Waals surface area contributed by atoms with Crippen LogP contribution in [0.25, 0.3) is 22.8 Å². The van der Waals surface area contributed by atoms with E-state index >= 15 is 9.59 Å². The van der Waals surface area contributed by atoms with E-state index in [1.165, 1.54) is 10.0 Å². The van der Waals surface area contributed by atoms with Crippen molar-refractivity contribution < 1.29 is 19.1 Å². The van der Waals surface area contributed by atoms with E-state index in [4.69, 9.17) is 39.4 Å². The second kappa shape index (κ2) is 24.0. The molecule has 10 rings (SSSR count). The van der Waals surface area contributed by atoms with E-state index in [1.807, 2.05) is 104 Å². The van der Waals surface area contributed by atoms with Gasteiger partial charge in [0.2, 0.25) is 11.9 Å². The van der Waals surface area contributed by atoms with Gasteiger partial charge in [0.1, 0.15) is 11.6 Å². The molecule has 4 aliphatic rings. The highest BCUT2D eigenvalue weighted by atomic mass is 16.5. The third-order valence-corrected chi connectivity index (χ3v) is 14.1. The maximum Gasteiger partial charge on any atom is 0.345 e. The number of aromatic nitrogens is 6. The number of hydrogen-bond donors (Lipinski definition) is 2. The zero-order valence-corrected chi connectivity index (χ0v) is 44.4. The molecule has 2 N–H and O–H groups in total. The standard InChI is InChI=1S/C56H70N16O4/c1-6-49-59-51(63-53(61-49)69-31-35-75-36-32-69)42-9-15-47(16-10-42)71(56(74)58-44-13-17-45(18-14-44)67-27-23-65(4)24-28-67)72(48-21-19-46(20-22-48)68-29-25-66(5)26-30-68)55(73)57-43-11-7-41(8-12-43)52-60-50(39-40(2)3)62-54(64-52)70-33-37-76-38-34-70/h7-22,40H,6,23-39H2,1-5H3,(H,57,73)(H,58,74). The second-order valence-electron chi connectivity index (χ2n) is 20.2. The van der Waals surface area contributed by atoms with Crippen molar-refractivity contribution in [3.63, 3.8) is 0 Å². The quantitative estimate of drug-likeness (QED) is 0.113. The molecule has 4 amide bonds. The van der Waals surface area contributed by atoms with Crippen LogP contribution in [0.5, 0.6) is 0 Å². The number of carbonyl (C=O) groups is 2. The summed E-state index contributed by atoms with van der Waals surface area (Å²) in [5.74, 6) is 4.04. The molecule has 6 aromatic rings. The van der Waals surface area contributed by atoms with Gasteiger partial charge in [0.15, 0.2) is 11.6 Å². The highest BCUT2D eigenvalue weighted by Gasteiger charge is 2.31. The van der Waals surface area contributed by atoms with Gasteiger partial charge < -0.3 is 49.5 Å². The molecule has 398 valence electrons. The SMILES string of the molecule is CCc1nc(-c2ccc(N(C(=O)Nc3ccc(N4CCN(C)CC4)cc3)N(C(=O)Nc3ccc(-c4nc(CC(C)C)nc(N5CCOCC5)n4)cc3)c3ccc(N4CCN(C)CC4)cc3)cc2)nc(N2CCOCC2)n1. The molecule has 2 aromatic heterocycles. The summed E-state index contributed by atoms with van der Waals surface area (Å²) < 4.78 is 11.2. The molecule has 20 heteroatoms. The van der Waals surface area contributed by atoms with Gasteiger partial charge in [-0.2, -0.15) is 30.0 Å². The van der Waals surface area contributed by atoms with Gasteiger partial charge in [-0.05, 0) is 117 Å². The van der Waals surface area contributed by atoms with Crippen molar-refractivity contribution in [1.29, 1.82) is 0 Å². The molecule has 4 aliphatic heterocycles. The summed E-state index contributed by atoms with van der Waals surface area (Å²) in [6.07, 6.45) is 1.33. The lowest BCUT2D eigenvalue weighted by molar-refractivity contribution is 0.122. The molecular formula is C56H70N16O4. The van der Waals surface area contributed by atoms with Crippen LogP contribution in [0.2, 0.25) is 0 Å². The Labute approximate surface area is 445 Å². The average Bonchev–Trinajstić information content (AvgIpc) is 3.45. The van der Waals surface area contributed by atoms with Crippen molar-refractivity contribution in [1.82, 2.24) is 39.7 Å². The van der Waals surface area contributed by atoms with Crippen LogP contribution in [0.1, 0.15) is 32.4 Å². The number of likely N-dealkylation sites (N-methyl/N-ethyl adjacent to an activating group) is 2. The lowest BCUT2D eigenvalue weighted by Crippen LogP contribution is -2.54. The summed E-state index contributed by atoms with van der Waals surface area (Å²) in [5, 5.41) is 9.03. The first-order chi connectivity index (χ1) is 37.0. The van der Waals surface area contributed by atoms with E-state index in [-0.39, 0.29) is 0 Å². The maximum atomic E-state index is 15.3. The molecule has 6 heterocycles. The number of morpholine rings is 2. The Morgan fingerprint density at radius 1 is 0.487 bits per heavy atom. The fourth-order valence-electron chi connectivity index (χ4n) is 9.64. The minimum atomic E-state index is -0.570. The number of aryl methyl sites for hydroxylation is 1. The number of nitrogens with zero attached hydrogens (tertiary/aromatic N) is 14. The maximum absolute atomic E-state index is 15.3. The number of urea groups is 2. The summed E-state index contributed by atoms with van der Waals surface area (Å²) in [4.78, 5) is 73.2. The van der Waals surface area contributed by atoms with Crippen LogP contribution in [-0.2, 0) is 22.3 Å². The first-order valence-corrected chi connectivity index (χ1v) is 26.7. The predicted octanol–water partition coefficient (Wildman–Crippen LogP) is 7.02. The average molecular weight is 1030 g/mol. The summed E-state index contributed by atoms with van der Waals surface area (Å²) in [5.41, 5.74) is 5.58. The van der Waals surface area contributed by atoms with Crippen molar-refractivity contribution >= 4 is 58.1 Å². The van der Waals surface area contributed by atoms with Crippen LogP contribution < -0.4 is 40.3 Å². The number of ether oxygens (including phenoxy) is 2. The van der Waals surface area contributed by atoms with Gasteiger partial charge in [-0.15, -0.1) is 0 Å². The first-order valence-electron chi connectivity index (χ1n) is 26.7. The minimum absolute atomic E-state index is 0.349.